The topological polar surface area (TPSA) is 57.2 Å². The van der Waals surface area contributed by atoms with Crippen molar-refractivity contribution in [2.45, 2.75) is 57.4 Å². The third-order valence-electron chi connectivity index (χ3n) is 6.26. The molecule has 2 aliphatic heterocycles. The van der Waals surface area contributed by atoms with Crippen LogP contribution in [0.1, 0.15) is 51.4 Å². The average molecular weight is 365 g/mol. The van der Waals surface area contributed by atoms with Gasteiger partial charge in [-0.25, -0.2) is 4.99 Å². The number of carbonyl (C=O) groups is 1. The number of carbonyl (C=O) groups excluding carboxylic acids is 1. The molecule has 0 radical (unpaired) electrons. The first-order valence-electron chi connectivity index (χ1n) is 10.5. The summed E-state index contributed by atoms with van der Waals surface area (Å²) in [6, 6.07) is 0.513. The molecule has 6 nitrogen and oxygen atoms in total. The fraction of sp³-hybridized carbons (Fsp3) is 0.900. The van der Waals surface area contributed by atoms with Crippen LogP contribution in [0.3, 0.4) is 0 Å². The van der Waals surface area contributed by atoms with Crippen LogP contribution in [0.2, 0.25) is 0 Å². The molecule has 1 amide bonds. The van der Waals surface area contributed by atoms with Crippen molar-refractivity contribution in [3.05, 3.63) is 0 Å². The van der Waals surface area contributed by atoms with E-state index in [1.165, 1.54) is 51.4 Å². The van der Waals surface area contributed by atoms with E-state index in [9.17, 15) is 4.79 Å². The van der Waals surface area contributed by atoms with Gasteiger partial charge in [0.1, 0.15) is 6.54 Å². The first kappa shape index (κ1) is 19.5. The van der Waals surface area contributed by atoms with Gasteiger partial charge in [-0.3, -0.25) is 4.79 Å². The third-order valence-corrected chi connectivity index (χ3v) is 6.26. The van der Waals surface area contributed by atoms with Gasteiger partial charge in [0.05, 0.1) is 0 Å². The van der Waals surface area contributed by atoms with Crippen molar-refractivity contribution < 1.29 is 9.53 Å². The monoisotopic (exact) mass is 364 g/mol. The molecule has 0 aromatic carbocycles. The van der Waals surface area contributed by atoms with Crippen LogP contribution < -0.4 is 5.32 Å². The summed E-state index contributed by atoms with van der Waals surface area (Å²) in [4.78, 5) is 20.8. The Hall–Kier alpha value is -1.30. The zero-order valence-electron chi connectivity index (χ0n) is 16.6. The Kier molecular flexibility index (Phi) is 7.17. The van der Waals surface area contributed by atoms with E-state index in [2.05, 4.69) is 10.2 Å². The van der Waals surface area contributed by atoms with Crippen LogP contribution in [0.15, 0.2) is 4.99 Å². The largest absolute Gasteiger partial charge is 0.381 e. The predicted octanol–water partition coefficient (Wildman–Crippen LogP) is 2.10. The summed E-state index contributed by atoms with van der Waals surface area (Å²) in [5.74, 6) is 2.55. The number of amides is 1. The summed E-state index contributed by atoms with van der Waals surface area (Å²) < 4.78 is 5.53. The van der Waals surface area contributed by atoms with Gasteiger partial charge < -0.3 is 19.9 Å². The summed E-state index contributed by atoms with van der Waals surface area (Å²) in [6.45, 7) is 4.19. The second-order valence-electron chi connectivity index (χ2n) is 8.35. The average Bonchev–Trinajstić information content (AvgIpc) is 3.16. The number of guanidine groups is 1. The molecule has 148 valence electrons. The highest BCUT2D eigenvalue weighted by Crippen LogP contribution is 2.31. The molecule has 1 aliphatic carbocycles. The second kappa shape index (κ2) is 9.58. The van der Waals surface area contributed by atoms with Gasteiger partial charge >= 0.3 is 0 Å². The Labute approximate surface area is 158 Å². The Morgan fingerprint density at radius 3 is 2.50 bits per heavy atom. The van der Waals surface area contributed by atoms with Crippen LogP contribution in [0, 0.1) is 11.8 Å². The quantitative estimate of drug-likeness (QED) is 0.613. The van der Waals surface area contributed by atoms with Crippen LogP contribution in [-0.4, -0.2) is 74.7 Å². The molecule has 0 aromatic heterocycles. The minimum absolute atomic E-state index is 0.0631. The van der Waals surface area contributed by atoms with Crippen LogP contribution in [0.5, 0.6) is 0 Å². The molecule has 1 unspecified atom stereocenters. The molecule has 3 fully saturated rings. The van der Waals surface area contributed by atoms with Crippen molar-refractivity contribution in [1.29, 1.82) is 0 Å². The predicted molar refractivity (Wildman–Crippen MR) is 104 cm³/mol. The van der Waals surface area contributed by atoms with E-state index >= 15 is 0 Å². The van der Waals surface area contributed by atoms with Gasteiger partial charge in [0.2, 0.25) is 5.91 Å². The van der Waals surface area contributed by atoms with E-state index in [1.54, 1.807) is 19.0 Å². The number of nitrogens with one attached hydrogen (secondary N) is 1. The highest BCUT2D eigenvalue weighted by Gasteiger charge is 2.32. The number of rotatable bonds is 4. The standard InChI is InChI=1S/C20H36N4O2/c1-23(2)19(25)14-21-20(22-18-6-4-3-5-7-18)24-11-8-17(15-24)16-9-12-26-13-10-16/h16-18H,3-15H2,1-2H3,(H,21,22). The van der Waals surface area contributed by atoms with E-state index < -0.39 is 0 Å². The summed E-state index contributed by atoms with van der Waals surface area (Å²) in [5, 5.41) is 3.70. The Morgan fingerprint density at radius 2 is 1.81 bits per heavy atom. The zero-order valence-corrected chi connectivity index (χ0v) is 16.6. The molecular weight excluding hydrogens is 328 g/mol. The molecule has 0 aromatic rings. The van der Waals surface area contributed by atoms with E-state index in [1.807, 2.05) is 0 Å². The van der Waals surface area contributed by atoms with Gasteiger partial charge in [-0.1, -0.05) is 19.3 Å². The van der Waals surface area contributed by atoms with Crippen molar-refractivity contribution in [3.63, 3.8) is 0 Å². The van der Waals surface area contributed by atoms with Crippen molar-refractivity contribution in [2.24, 2.45) is 16.8 Å². The first-order valence-corrected chi connectivity index (χ1v) is 10.5. The smallest absolute Gasteiger partial charge is 0.243 e. The van der Waals surface area contributed by atoms with Crippen LogP contribution >= 0.6 is 0 Å². The maximum Gasteiger partial charge on any atom is 0.243 e. The minimum Gasteiger partial charge on any atom is -0.381 e. The number of hydrogen-bond acceptors (Lipinski definition) is 3. The van der Waals surface area contributed by atoms with Crippen molar-refractivity contribution in [1.82, 2.24) is 15.1 Å². The third kappa shape index (κ3) is 5.35. The van der Waals surface area contributed by atoms with E-state index in [4.69, 9.17) is 9.73 Å². The lowest BCUT2D eigenvalue weighted by Crippen LogP contribution is -2.46. The SMILES string of the molecule is CN(C)C(=O)CN=C(NC1CCCCC1)N1CCC(C2CCOCC2)C1. The van der Waals surface area contributed by atoms with Crippen LogP contribution in [0.25, 0.3) is 0 Å². The van der Waals surface area contributed by atoms with E-state index in [0.717, 1.165) is 44.1 Å². The lowest BCUT2D eigenvalue weighted by molar-refractivity contribution is -0.127. The lowest BCUT2D eigenvalue weighted by Gasteiger charge is -2.31. The molecule has 1 saturated carbocycles. The van der Waals surface area contributed by atoms with Gasteiger partial charge in [-0.05, 0) is 43.9 Å². The molecule has 2 heterocycles. The molecule has 3 aliphatic rings. The molecule has 1 atom stereocenters. The number of ether oxygens (including phenoxy) is 1. The summed E-state index contributed by atoms with van der Waals surface area (Å²) in [5.41, 5.74) is 0. The second-order valence-corrected chi connectivity index (χ2v) is 8.35. The van der Waals surface area contributed by atoms with Crippen LogP contribution in [-0.2, 0) is 9.53 Å². The van der Waals surface area contributed by atoms with Gasteiger partial charge in [-0.2, -0.15) is 0 Å². The number of hydrogen-bond donors (Lipinski definition) is 1. The molecule has 0 bridgehead atoms. The van der Waals surface area contributed by atoms with Gasteiger partial charge in [0.15, 0.2) is 5.96 Å². The molecule has 6 heteroatoms. The van der Waals surface area contributed by atoms with E-state index in [0.29, 0.717) is 6.04 Å². The van der Waals surface area contributed by atoms with Crippen molar-refractivity contribution in [3.8, 4) is 0 Å². The highest BCUT2D eigenvalue weighted by molar-refractivity contribution is 5.85. The summed E-state index contributed by atoms with van der Waals surface area (Å²) >= 11 is 0. The zero-order chi connectivity index (χ0) is 18.4. The van der Waals surface area contributed by atoms with Crippen molar-refractivity contribution in [2.75, 3.05) is 46.9 Å². The molecule has 0 spiro atoms. The Bertz CT molecular complexity index is 482. The maximum absolute atomic E-state index is 12.0. The molecule has 3 rings (SSSR count). The normalized spacial score (nSPS) is 26.2. The number of likely N-dealkylation sites (tertiary alicyclic amines) is 1. The molecule has 1 N–H and O–H groups in total. The van der Waals surface area contributed by atoms with Gasteiger partial charge in [0.25, 0.3) is 0 Å². The number of nitrogens with zero attached hydrogens (tertiary/aromatic N) is 3. The van der Waals surface area contributed by atoms with Gasteiger partial charge in [0, 0.05) is 46.4 Å². The molecule has 2 saturated heterocycles. The Morgan fingerprint density at radius 1 is 1.08 bits per heavy atom. The summed E-state index contributed by atoms with van der Waals surface area (Å²) in [7, 11) is 3.59. The van der Waals surface area contributed by atoms with Crippen molar-refractivity contribution >= 4 is 11.9 Å². The number of aliphatic imine (C=N–C) groups is 1. The maximum atomic E-state index is 12.0. The van der Waals surface area contributed by atoms with E-state index in [-0.39, 0.29) is 12.5 Å². The molecular formula is C20H36N4O2. The highest BCUT2D eigenvalue weighted by atomic mass is 16.5. The van der Waals surface area contributed by atoms with Crippen LogP contribution in [0.4, 0.5) is 0 Å². The fourth-order valence-electron chi connectivity index (χ4n) is 4.50. The lowest BCUT2D eigenvalue weighted by atomic mass is 9.85. The minimum atomic E-state index is 0.0631. The summed E-state index contributed by atoms with van der Waals surface area (Å²) in [6.07, 6.45) is 10.0. The van der Waals surface area contributed by atoms with Gasteiger partial charge in [-0.15, -0.1) is 0 Å². The molecule has 26 heavy (non-hydrogen) atoms. The Balaban J connectivity index is 1.62. The number of likely N-dealkylation sites (N-methyl/N-ethyl adjacent to an activating group) is 1. The first-order chi connectivity index (χ1) is 12.6. The fourth-order valence-corrected chi connectivity index (χ4v) is 4.50.